The first-order valence-electron chi connectivity index (χ1n) is 3.42. The van der Waals surface area contributed by atoms with Crippen molar-refractivity contribution in [2.75, 3.05) is 0 Å². The molecule has 0 fully saturated rings. The largest absolute Gasteiger partial charge is 0.284 e. The summed E-state index contributed by atoms with van der Waals surface area (Å²) in [6.45, 7) is 0. The highest BCUT2D eigenvalue weighted by molar-refractivity contribution is 9.10. The number of benzene rings is 1. The Kier molecular flexibility index (Phi) is 2.17. The van der Waals surface area contributed by atoms with Gasteiger partial charge in [0, 0.05) is 0 Å². The Morgan fingerprint density at radius 2 is 2.07 bits per heavy atom. The molecular formula is C7H2BrClFNO2S. The second kappa shape index (κ2) is 3.01. The molecular weight excluding hydrogens is 297 g/mol. The van der Waals surface area contributed by atoms with Gasteiger partial charge in [0.15, 0.2) is 5.17 Å². The van der Waals surface area contributed by atoms with E-state index >= 15 is 0 Å². The van der Waals surface area contributed by atoms with E-state index < -0.39 is 15.8 Å². The van der Waals surface area contributed by atoms with Crippen molar-refractivity contribution in [3.63, 3.8) is 0 Å². The zero-order chi connectivity index (χ0) is 10.5. The molecule has 0 atom stereocenters. The zero-order valence-electron chi connectivity index (χ0n) is 6.46. The van der Waals surface area contributed by atoms with Gasteiger partial charge >= 0.3 is 0 Å². The van der Waals surface area contributed by atoms with Crippen LogP contribution in [0.4, 0.5) is 4.39 Å². The smallest absolute Gasteiger partial charge is 0.205 e. The molecule has 1 aromatic carbocycles. The third kappa shape index (κ3) is 1.29. The maximum absolute atomic E-state index is 13.4. The lowest BCUT2D eigenvalue weighted by Gasteiger charge is -2.00. The summed E-state index contributed by atoms with van der Waals surface area (Å²) in [6.07, 6.45) is 0. The van der Waals surface area contributed by atoms with E-state index in [1.54, 1.807) is 0 Å². The summed E-state index contributed by atoms with van der Waals surface area (Å²) < 4.78 is 39.3. The SMILES string of the molecule is O=S1(=O)N=C(Cl)c2c1ccc(Br)c2F. The first kappa shape index (κ1) is 10.1. The fraction of sp³-hybridized carbons (Fsp3) is 0. The van der Waals surface area contributed by atoms with E-state index in [-0.39, 0.29) is 20.1 Å². The molecule has 74 valence electrons. The Morgan fingerprint density at radius 3 is 2.71 bits per heavy atom. The Balaban J connectivity index is 2.91. The van der Waals surface area contributed by atoms with Crippen LogP contribution in [0.25, 0.3) is 0 Å². The number of fused-ring (bicyclic) bond motifs is 1. The summed E-state index contributed by atoms with van der Waals surface area (Å²) in [5, 5.41) is -0.334. The number of hydrogen-bond acceptors (Lipinski definition) is 2. The van der Waals surface area contributed by atoms with Crippen LogP contribution in [0.2, 0.25) is 0 Å². The van der Waals surface area contributed by atoms with Gasteiger partial charge in [-0.15, -0.1) is 4.40 Å². The van der Waals surface area contributed by atoms with E-state index in [1.165, 1.54) is 12.1 Å². The topological polar surface area (TPSA) is 46.5 Å². The maximum atomic E-state index is 13.4. The summed E-state index contributed by atoms with van der Waals surface area (Å²) >= 11 is 8.44. The number of hydrogen-bond donors (Lipinski definition) is 0. The van der Waals surface area contributed by atoms with Crippen molar-refractivity contribution in [2.24, 2.45) is 4.40 Å². The highest BCUT2D eigenvalue weighted by Crippen LogP contribution is 2.33. The lowest BCUT2D eigenvalue weighted by molar-refractivity contribution is 0.593. The van der Waals surface area contributed by atoms with E-state index in [0.717, 1.165) is 0 Å². The highest BCUT2D eigenvalue weighted by atomic mass is 79.9. The number of rotatable bonds is 0. The molecule has 0 spiro atoms. The number of sulfonamides is 1. The molecule has 0 saturated carbocycles. The van der Waals surface area contributed by atoms with Crippen LogP contribution in [0.15, 0.2) is 25.9 Å². The summed E-state index contributed by atoms with van der Waals surface area (Å²) in [6, 6.07) is 2.56. The van der Waals surface area contributed by atoms with Crippen LogP contribution in [-0.4, -0.2) is 13.6 Å². The predicted octanol–water partition coefficient (Wildman–Crippen LogP) is 2.28. The van der Waals surface area contributed by atoms with Crippen molar-refractivity contribution < 1.29 is 12.8 Å². The minimum absolute atomic E-state index is 0.154. The van der Waals surface area contributed by atoms with Crippen molar-refractivity contribution in [1.29, 1.82) is 0 Å². The molecule has 1 aliphatic heterocycles. The molecule has 1 heterocycles. The van der Waals surface area contributed by atoms with Crippen LogP contribution in [0.1, 0.15) is 5.56 Å². The minimum atomic E-state index is -3.80. The van der Waals surface area contributed by atoms with Gasteiger partial charge in [0.1, 0.15) is 10.7 Å². The van der Waals surface area contributed by atoms with E-state index in [4.69, 9.17) is 11.6 Å². The molecule has 0 bridgehead atoms. The third-order valence-electron chi connectivity index (χ3n) is 1.74. The van der Waals surface area contributed by atoms with Crippen molar-refractivity contribution in [3.05, 3.63) is 28.0 Å². The predicted molar refractivity (Wildman–Crippen MR) is 53.7 cm³/mol. The van der Waals surface area contributed by atoms with Crippen molar-refractivity contribution in [1.82, 2.24) is 0 Å². The highest BCUT2D eigenvalue weighted by Gasteiger charge is 2.31. The van der Waals surface area contributed by atoms with Gasteiger partial charge in [0.05, 0.1) is 10.0 Å². The lowest BCUT2D eigenvalue weighted by Crippen LogP contribution is -1.97. The van der Waals surface area contributed by atoms with Crippen LogP contribution >= 0.6 is 27.5 Å². The fourth-order valence-electron chi connectivity index (χ4n) is 1.14. The second-order valence-electron chi connectivity index (χ2n) is 2.59. The Bertz CT molecular complexity index is 555. The summed E-state index contributed by atoms with van der Waals surface area (Å²) in [5.74, 6) is -0.711. The monoisotopic (exact) mass is 297 g/mol. The van der Waals surface area contributed by atoms with Gasteiger partial charge in [0.25, 0.3) is 10.0 Å². The molecule has 1 aliphatic rings. The average Bonchev–Trinajstić information content (AvgIpc) is 2.29. The molecule has 0 aromatic heterocycles. The third-order valence-corrected chi connectivity index (χ3v) is 4.05. The fourth-order valence-corrected chi connectivity index (χ4v) is 3.07. The first-order chi connectivity index (χ1) is 6.43. The molecule has 0 radical (unpaired) electrons. The second-order valence-corrected chi connectivity index (χ2v) is 5.38. The van der Waals surface area contributed by atoms with Gasteiger partial charge < -0.3 is 0 Å². The van der Waals surface area contributed by atoms with Crippen molar-refractivity contribution in [2.45, 2.75) is 4.90 Å². The van der Waals surface area contributed by atoms with Gasteiger partial charge in [-0.1, -0.05) is 11.6 Å². The van der Waals surface area contributed by atoms with Crippen LogP contribution in [0.3, 0.4) is 0 Å². The maximum Gasteiger partial charge on any atom is 0.284 e. The van der Waals surface area contributed by atoms with Gasteiger partial charge in [0.2, 0.25) is 0 Å². The Labute approximate surface area is 92.8 Å². The van der Waals surface area contributed by atoms with E-state index in [2.05, 4.69) is 20.3 Å². The molecule has 0 N–H and O–H groups in total. The van der Waals surface area contributed by atoms with E-state index in [1.807, 2.05) is 0 Å². The van der Waals surface area contributed by atoms with Crippen LogP contribution in [-0.2, 0) is 10.0 Å². The summed E-state index contributed by atoms with van der Waals surface area (Å²) in [7, 11) is -3.80. The van der Waals surface area contributed by atoms with Gasteiger partial charge in [-0.3, -0.25) is 0 Å². The van der Waals surface area contributed by atoms with Crippen LogP contribution in [0, 0.1) is 5.82 Å². The van der Waals surface area contributed by atoms with Crippen LogP contribution < -0.4 is 0 Å². The molecule has 2 rings (SSSR count). The molecule has 7 heteroatoms. The average molecular weight is 299 g/mol. The van der Waals surface area contributed by atoms with Gasteiger partial charge in [-0.2, -0.15) is 8.42 Å². The molecule has 0 saturated heterocycles. The molecule has 1 aromatic rings. The van der Waals surface area contributed by atoms with E-state index in [0.29, 0.717) is 0 Å². The quantitative estimate of drug-likeness (QED) is 0.737. The Hall–Kier alpha value is -0.460. The van der Waals surface area contributed by atoms with Crippen LogP contribution in [0.5, 0.6) is 0 Å². The summed E-state index contributed by atoms with van der Waals surface area (Å²) in [5.41, 5.74) is -0.166. The molecule has 14 heavy (non-hydrogen) atoms. The van der Waals surface area contributed by atoms with Gasteiger partial charge in [-0.05, 0) is 28.1 Å². The summed E-state index contributed by atoms with van der Waals surface area (Å²) in [4.78, 5) is -0.191. The first-order valence-corrected chi connectivity index (χ1v) is 6.03. The normalized spacial score (nSPS) is 17.8. The van der Waals surface area contributed by atoms with Crippen molar-refractivity contribution >= 4 is 42.7 Å². The minimum Gasteiger partial charge on any atom is -0.205 e. The van der Waals surface area contributed by atoms with Crippen molar-refractivity contribution in [3.8, 4) is 0 Å². The molecule has 0 amide bonds. The molecule has 0 unspecified atom stereocenters. The zero-order valence-corrected chi connectivity index (χ0v) is 9.62. The van der Waals surface area contributed by atoms with Gasteiger partial charge in [-0.25, -0.2) is 4.39 Å². The molecule has 0 aliphatic carbocycles. The van der Waals surface area contributed by atoms with E-state index in [9.17, 15) is 12.8 Å². The Morgan fingerprint density at radius 1 is 1.43 bits per heavy atom. The number of halogens is 3. The molecule has 3 nitrogen and oxygen atoms in total. The number of nitrogens with zero attached hydrogens (tertiary/aromatic N) is 1. The lowest BCUT2D eigenvalue weighted by atomic mass is 10.2. The standard InChI is InChI=1S/C7H2BrClFNO2S/c8-3-1-2-4-5(6(3)10)7(9)11-14(4,12)13/h1-2H.